The molecule has 1 aliphatic rings. The molecule has 0 saturated heterocycles. The van der Waals surface area contributed by atoms with Crippen LogP contribution in [0.1, 0.15) is 24.5 Å². The highest BCUT2D eigenvalue weighted by Gasteiger charge is 2.18. The molecule has 0 heterocycles. The molecular weight excluding hydrogens is 210 g/mol. The molecule has 0 bridgehead atoms. The Balaban J connectivity index is 2.03. The first-order valence-electron chi connectivity index (χ1n) is 6.22. The second-order valence-corrected chi connectivity index (χ2v) is 4.91. The number of nitrogens with one attached hydrogen (secondary N) is 1. The van der Waals surface area contributed by atoms with Gasteiger partial charge in [-0.3, -0.25) is 0 Å². The molecule has 1 unspecified atom stereocenters. The number of hydrogen-bond donors (Lipinski definition) is 1. The van der Waals surface area contributed by atoms with Gasteiger partial charge in [0, 0.05) is 12.6 Å². The van der Waals surface area contributed by atoms with Crippen molar-refractivity contribution in [1.29, 1.82) is 0 Å². The third-order valence-electron chi connectivity index (χ3n) is 3.33. The van der Waals surface area contributed by atoms with E-state index in [1.807, 2.05) is 0 Å². The molecule has 0 aromatic heterocycles. The first-order chi connectivity index (χ1) is 8.19. The summed E-state index contributed by atoms with van der Waals surface area (Å²) in [7, 11) is 1.72. The molecule has 0 spiro atoms. The van der Waals surface area contributed by atoms with E-state index >= 15 is 0 Å². The predicted octanol–water partition coefficient (Wildman–Crippen LogP) is 2.72. The number of aryl methyl sites for hydroxylation is 1. The quantitative estimate of drug-likeness (QED) is 0.804. The van der Waals surface area contributed by atoms with Crippen LogP contribution >= 0.6 is 0 Å². The molecule has 2 heteroatoms. The van der Waals surface area contributed by atoms with Crippen molar-refractivity contribution in [3.8, 4) is 5.75 Å². The minimum absolute atomic E-state index is 0.575. The summed E-state index contributed by atoms with van der Waals surface area (Å²) in [6, 6.07) is 7.00. The summed E-state index contributed by atoms with van der Waals surface area (Å²) in [6.45, 7) is 6.91. The molecule has 2 rings (SSSR count). The Hall–Kier alpha value is -1.28. The van der Waals surface area contributed by atoms with Gasteiger partial charge in [0.2, 0.25) is 0 Å². The molecular formula is C15H21NO. The molecule has 1 aliphatic carbocycles. The van der Waals surface area contributed by atoms with Crippen molar-refractivity contribution in [2.24, 2.45) is 0 Å². The summed E-state index contributed by atoms with van der Waals surface area (Å²) in [4.78, 5) is 0. The lowest BCUT2D eigenvalue weighted by Gasteiger charge is -2.26. The summed E-state index contributed by atoms with van der Waals surface area (Å²) >= 11 is 0. The van der Waals surface area contributed by atoms with Crippen LogP contribution in [0.4, 0.5) is 0 Å². The zero-order chi connectivity index (χ0) is 12.3. The second kappa shape index (κ2) is 5.37. The first kappa shape index (κ1) is 12.2. The number of hydrogen-bond acceptors (Lipinski definition) is 2. The van der Waals surface area contributed by atoms with Crippen molar-refractivity contribution in [1.82, 2.24) is 5.32 Å². The van der Waals surface area contributed by atoms with Gasteiger partial charge in [-0.2, -0.15) is 0 Å². The summed E-state index contributed by atoms with van der Waals surface area (Å²) in [6.07, 6.45) is 3.47. The number of rotatable bonds is 4. The molecule has 17 heavy (non-hydrogen) atoms. The Morgan fingerprint density at radius 3 is 3.00 bits per heavy atom. The van der Waals surface area contributed by atoms with Crippen LogP contribution in [0.2, 0.25) is 0 Å². The smallest absolute Gasteiger partial charge is 0.119 e. The van der Waals surface area contributed by atoms with Gasteiger partial charge < -0.3 is 10.1 Å². The monoisotopic (exact) mass is 231 g/mol. The van der Waals surface area contributed by atoms with Crippen molar-refractivity contribution in [2.75, 3.05) is 13.7 Å². The lowest BCUT2D eigenvalue weighted by molar-refractivity contribution is 0.411. The summed E-state index contributed by atoms with van der Waals surface area (Å²) in [5.41, 5.74) is 4.09. The van der Waals surface area contributed by atoms with Crippen molar-refractivity contribution >= 4 is 0 Å². The first-order valence-corrected chi connectivity index (χ1v) is 6.22. The fourth-order valence-electron chi connectivity index (χ4n) is 2.35. The highest BCUT2D eigenvalue weighted by molar-refractivity contribution is 5.37. The van der Waals surface area contributed by atoms with Gasteiger partial charge in [-0.05, 0) is 49.4 Å². The van der Waals surface area contributed by atoms with E-state index in [2.05, 4.69) is 37.0 Å². The van der Waals surface area contributed by atoms with Gasteiger partial charge in [-0.15, -0.1) is 0 Å². The molecule has 1 aromatic carbocycles. The molecule has 1 atom stereocenters. The maximum Gasteiger partial charge on any atom is 0.119 e. The average molecular weight is 231 g/mol. The summed E-state index contributed by atoms with van der Waals surface area (Å²) < 4.78 is 5.28. The lowest BCUT2D eigenvalue weighted by atomic mass is 9.88. The van der Waals surface area contributed by atoms with E-state index in [0.29, 0.717) is 6.04 Å². The van der Waals surface area contributed by atoms with Crippen LogP contribution in [0, 0.1) is 0 Å². The van der Waals surface area contributed by atoms with Crippen LogP contribution in [0.15, 0.2) is 30.4 Å². The highest BCUT2D eigenvalue weighted by atomic mass is 16.5. The van der Waals surface area contributed by atoms with Crippen LogP contribution in [-0.4, -0.2) is 19.7 Å². The molecule has 1 N–H and O–H groups in total. The van der Waals surface area contributed by atoms with Gasteiger partial charge in [0.1, 0.15) is 5.75 Å². The van der Waals surface area contributed by atoms with Crippen LogP contribution in [0.3, 0.4) is 0 Å². The van der Waals surface area contributed by atoms with Crippen LogP contribution in [0.5, 0.6) is 5.75 Å². The zero-order valence-corrected chi connectivity index (χ0v) is 10.8. The largest absolute Gasteiger partial charge is 0.497 e. The SMILES string of the molecule is C=C(C)CNC1CCc2ccc(OC)cc2C1. The van der Waals surface area contributed by atoms with Crippen molar-refractivity contribution in [3.05, 3.63) is 41.5 Å². The minimum Gasteiger partial charge on any atom is -0.497 e. The Kier molecular flexibility index (Phi) is 3.85. The maximum absolute atomic E-state index is 5.28. The van der Waals surface area contributed by atoms with Crippen molar-refractivity contribution in [3.63, 3.8) is 0 Å². The molecule has 0 saturated carbocycles. The Morgan fingerprint density at radius 2 is 2.29 bits per heavy atom. The third-order valence-corrected chi connectivity index (χ3v) is 3.33. The molecule has 0 fully saturated rings. The lowest BCUT2D eigenvalue weighted by Crippen LogP contribution is -2.35. The molecule has 2 nitrogen and oxygen atoms in total. The van der Waals surface area contributed by atoms with E-state index in [9.17, 15) is 0 Å². The van der Waals surface area contributed by atoms with Gasteiger partial charge in [0.15, 0.2) is 0 Å². The van der Waals surface area contributed by atoms with Gasteiger partial charge in [0.25, 0.3) is 0 Å². The number of methoxy groups -OCH3 is 1. The average Bonchev–Trinajstić information content (AvgIpc) is 2.35. The normalized spacial score (nSPS) is 18.6. The third kappa shape index (κ3) is 3.10. The van der Waals surface area contributed by atoms with Crippen LogP contribution < -0.4 is 10.1 Å². The predicted molar refractivity (Wildman–Crippen MR) is 71.6 cm³/mol. The second-order valence-electron chi connectivity index (χ2n) is 4.91. The molecule has 0 aliphatic heterocycles. The molecule has 1 aromatic rings. The number of benzene rings is 1. The molecule has 92 valence electrons. The van der Waals surface area contributed by atoms with E-state index < -0.39 is 0 Å². The molecule has 0 amide bonds. The fourth-order valence-corrected chi connectivity index (χ4v) is 2.35. The highest BCUT2D eigenvalue weighted by Crippen LogP contribution is 2.25. The van der Waals surface area contributed by atoms with Gasteiger partial charge in [-0.25, -0.2) is 0 Å². The number of ether oxygens (including phenoxy) is 1. The Labute approximate surface area is 104 Å². The van der Waals surface area contributed by atoms with Crippen LogP contribution in [-0.2, 0) is 12.8 Å². The van der Waals surface area contributed by atoms with E-state index in [-0.39, 0.29) is 0 Å². The van der Waals surface area contributed by atoms with E-state index in [1.165, 1.54) is 23.1 Å². The van der Waals surface area contributed by atoms with E-state index in [0.717, 1.165) is 25.1 Å². The van der Waals surface area contributed by atoms with Crippen molar-refractivity contribution < 1.29 is 4.74 Å². The Bertz CT molecular complexity index is 411. The van der Waals surface area contributed by atoms with Crippen LogP contribution in [0.25, 0.3) is 0 Å². The van der Waals surface area contributed by atoms with Gasteiger partial charge in [-0.1, -0.05) is 18.2 Å². The number of fused-ring (bicyclic) bond motifs is 1. The van der Waals surface area contributed by atoms with E-state index in [4.69, 9.17) is 4.74 Å². The fraction of sp³-hybridized carbons (Fsp3) is 0.467. The standard InChI is InChI=1S/C15H21NO/c1-11(2)10-16-14-6-4-12-5-7-15(17-3)9-13(12)8-14/h5,7,9,14,16H,1,4,6,8,10H2,2-3H3. The van der Waals surface area contributed by atoms with Crippen molar-refractivity contribution in [2.45, 2.75) is 32.2 Å². The Morgan fingerprint density at radius 1 is 1.47 bits per heavy atom. The van der Waals surface area contributed by atoms with Gasteiger partial charge in [0.05, 0.1) is 7.11 Å². The summed E-state index contributed by atoms with van der Waals surface area (Å²) in [5.74, 6) is 0.962. The summed E-state index contributed by atoms with van der Waals surface area (Å²) in [5, 5.41) is 3.56. The van der Waals surface area contributed by atoms with E-state index in [1.54, 1.807) is 7.11 Å². The minimum atomic E-state index is 0.575. The maximum atomic E-state index is 5.28. The topological polar surface area (TPSA) is 21.3 Å². The van der Waals surface area contributed by atoms with Gasteiger partial charge >= 0.3 is 0 Å². The zero-order valence-electron chi connectivity index (χ0n) is 10.8. The molecule has 0 radical (unpaired) electrons.